The third-order valence-electron chi connectivity index (χ3n) is 6.85. The van der Waals surface area contributed by atoms with Crippen molar-refractivity contribution in [2.45, 2.75) is 25.6 Å². The fraction of sp³-hybridized carbons (Fsp3) is 0.321. The fourth-order valence-electron chi connectivity index (χ4n) is 4.67. The molecule has 2 N–H and O–H groups in total. The van der Waals surface area contributed by atoms with Crippen LogP contribution in [-0.4, -0.2) is 54.0 Å². The molecule has 0 saturated heterocycles. The lowest BCUT2D eigenvalue weighted by Gasteiger charge is -2.23. The third kappa shape index (κ3) is 5.29. The van der Waals surface area contributed by atoms with Crippen LogP contribution in [0.3, 0.4) is 0 Å². The van der Waals surface area contributed by atoms with Crippen molar-refractivity contribution in [3.8, 4) is 17.2 Å². The van der Waals surface area contributed by atoms with Crippen LogP contribution in [0.1, 0.15) is 18.4 Å². The predicted molar refractivity (Wildman–Crippen MR) is 145 cm³/mol. The van der Waals surface area contributed by atoms with Gasteiger partial charge in [-0.15, -0.1) is 0 Å². The number of alkyl halides is 1. The van der Waals surface area contributed by atoms with Crippen molar-refractivity contribution in [1.29, 1.82) is 0 Å². The highest BCUT2D eigenvalue weighted by Gasteiger charge is 2.39. The molecule has 0 bridgehead atoms. The summed E-state index contributed by atoms with van der Waals surface area (Å²) in [4.78, 5) is 19.2. The number of aromatic nitrogens is 3. The zero-order valence-corrected chi connectivity index (χ0v) is 22.0. The number of carbonyl (C=O) groups excluding carboxylic acids is 1. The average Bonchev–Trinajstić information content (AvgIpc) is 3.49. The number of rotatable bonds is 9. The molecule has 6 rings (SSSR count). The number of benzene rings is 2. The van der Waals surface area contributed by atoms with Gasteiger partial charge in [0.15, 0.2) is 17.1 Å². The topological polar surface area (TPSA) is 102 Å². The quantitative estimate of drug-likeness (QED) is 0.309. The SMILES string of the molecule is COc1ccc(CN(C)c2cc(Nc3cc(F)cc4c3OCCO4)nc3c(NC(=O)C[C@@H]4C[C@@H]4F)cnn23)cc1. The Morgan fingerprint density at radius 2 is 1.95 bits per heavy atom. The van der Waals surface area contributed by atoms with Crippen molar-refractivity contribution in [2.75, 3.05) is 42.9 Å². The van der Waals surface area contributed by atoms with E-state index in [2.05, 4.69) is 20.7 Å². The van der Waals surface area contributed by atoms with Crippen LogP contribution in [0.4, 0.5) is 31.8 Å². The number of ether oxygens (including phenoxy) is 3. The second-order valence-corrected chi connectivity index (χ2v) is 9.86. The summed E-state index contributed by atoms with van der Waals surface area (Å²) in [5.74, 6) is 1.41. The Morgan fingerprint density at radius 1 is 1.18 bits per heavy atom. The van der Waals surface area contributed by atoms with Gasteiger partial charge in [-0.1, -0.05) is 12.1 Å². The minimum absolute atomic E-state index is 0.0907. The molecule has 3 heterocycles. The van der Waals surface area contributed by atoms with Crippen LogP contribution in [-0.2, 0) is 11.3 Å². The zero-order chi connectivity index (χ0) is 27.8. The number of halogens is 2. The number of nitrogens with one attached hydrogen (secondary N) is 2. The van der Waals surface area contributed by atoms with E-state index in [9.17, 15) is 13.6 Å². The van der Waals surface area contributed by atoms with Crippen molar-refractivity contribution < 1.29 is 27.8 Å². The maximum absolute atomic E-state index is 14.4. The molecule has 1 fully saturated rings. The molecular formula is C28H28F2N6O4. The van der Waals surface area contributed by atoms with E-state index >= 15 is 0 Å². The molecule has 0 spiro atoms. The lowest BCUT2D eigenvalue weighted by atomic mass is 10.2. The minimum atomic E-state index is -0.926. The molecule has 10 nitrogen and oxygen atoms in total. The summed E-state index contributed by atoms with van der Waals surface area (Å²) in [6.07, 6.45) is 1.08. The Hall–Kier alpha value is -4.61. The summed E-state index contributed by atoms with van der Waals surface area (Å²) in [5.41, 5.74) is 2.12. The van der Waals surface area contributed by atoms with Gasteiger partial charge in [-0.05, 0) is 24.1 Å². The predicted octanol–water partition coefficient (Wildman–Crippen LogP) is 4.71. The minimum Gasteiger partial charge on any atom is -0.497 e. The summed E-state index contributed by atoms with van der Waals surface area (Å²) in [6, 6.07) is 12.1. The van der Waals surface area contributed by atoms with Gasteiger partial charge in [-0.2, -0.15) is 9.61 Å². The molecule has 2 aromatic heterocycles. The molecule has 2 aromatic carbocycles. The highest BCUT2D eigenvalue weighted by molar-refractivity contribution is 5.95. The average molecular weight is 551 g/mol. The van der Waals surface area contributed by atoms with Crippen molar-refractivity contribution >= 4 is 34.6 Å². The van der Waals surface area contributed by atoms with Gasteiger partial charge in [0.25, 0.3) is 0 Å². The van der Waals surface area contributed by atoms with Crippen molar-refractivity contribution in [1.82, 2.24) is 14.6 Å². The Kier molecular flexibility index (Phi) is 6.74. The van der Waals surface area contributed by atoms with Crippen molar-refractivity contribution in [3.05, 3.63) is 60.0 Å². The Balaban J connectivity index is 1.36. The van der Waals surface area contributed by atoms with Crippen LogP contribution in [0.5, 0.6) is 17.2 Å². The summed E-state index contributed by atoms with van der Waals surface area (Å²) in [5, 5.41) is 10.4. The van der Waals surface area contributed by atoms with E-state index in [4.69, 9.17) is 14.2 Å². The molecule has 1 saturated carbocycles. The highest BCUT2D eigenvalue weighted by atomic mass is 19.1. The molecule has 1 aliphatic carbocycles. The van der Waals surface area contributed by atoms with Crippen molar-refractivity contribution in [2.24, 2.45) is 5.92 Å². The Bertz CT molecular complexity index is 1560. The zero-order valence-electron chi connectivity index (χ0n) is 22.0. The standard InChI is InChI=1S/C28H28F2N6O4/c1-35(15-16-3-5-19(38-2)6-4-16)26-13-24(32-21-11-18(29)12-23-27(21)40-8-7-39-23)34-28-22(14-31-36(26)28)33-25(37)10-17-9-20(17)30/h3-6,11-14,17,20H,7-10,15H2,1-2H3,(H,32,34)(H,33,37)/t17-,20-/m0/s1. The van der Waals surface area contributed by atoms with E-state index in [1.54, 1.807) is 17.7 Å². The molecule has 0 unspecified atom stereocenters. The number of nitrogens with zero attached hydrogens (tertiary/aromatic N) is 4. The number of hydrogen-bond donors (Lipinski definition) is 2. The largest absolute Gasteiger partial charge is 0.497 e. The number of anilines is 4. The highest BCUT2D eigenvalue weighted by Crippen LogP contribution is 2.40. The number of amides is 1. The van der Waals surface area contributed by atoms with E-state index in [0.29, 0.717) is 66.3 Å². The van der Waals surface area contributed by atoms with Crippen LogP contribution in [0.25, 0.3) is 5.65 Å². The maximum Gasteiger partial charge on any atom is 0.224 e. The summed E-state index contributed by atoms with van der Waals surface area (Å²) in [7, 11) is 3.52. The normalized spacial score (nSPS) is 17.4. The molecule has 208 valence electrons. The van der Waals surface area contributed by atoms with Crippen LogP contribution in [0.2, 0.25) is 0 Å². The van der Waals surface area contributed by atoms with Gasteiger partial charge in [0.05, 0.1) is 19.0 Å². The second-order valence-electron chi connectivity index (χ2n) is 9.86. The summed E-state index contributed by atoms with van der Waals surface area (Å²) < 4.78 is 46.0. The Morgan fingerprint density at radius 3 is 2.70 bits per heavy atom. The second kappa shape index (κ2) is 10.5. The van der Waals surface area contributed by atoms with E-state index in [-0.39, 0.29) is 18.2 Å². The third-order valence-corrected chi connectivity index (χ3v) is 6.85. The molecule has 12 heteroatoms. The molecule has 40 heavy (non-hydrogen) atoms. The summed E-state index contributed by atoms with van der Waals surface area (Å²) in [6.45, 7) is 1.18. The fourth-order valence-corrected chi connectivity index (χ4v) is 4.67. The Labute approximate surface area is 228 Å². The van der Waals surface area contributed by atoms with Gasteiger partial charge in [-0.3, -0.25) is 4.79 Å². The van der Waals surface area contributed by atoms with Gasteiger partial charge in [-0.25, -0.2) is 13.8 Å². The molecule has 4 aromatic rings. The molecular weight excluding hydrogens is 522 g/mol. The molecule has 1 amide bonds. The smallest absolute Gasteiger partial charge is 0.224 e. The van der Waals surface area contributed by atoms with E-state index in [1.807, 2.05) is 36.2 Å². The lowest BCUT2D eigenvalue weighted by Crippen LogP contribution is -2.21. The van der Waals surface area contributed by atoms with Crippen LogP contribution in [0, 0.1) is 11.7 Å². The lowest BCUT2D eigenvalue weighted by molar-refractivity contribution is -0.116. The van der Waals surface area contributed by atoms with Gasteiger partial charge in [0.2, 0.25) is 5.91 Å². The van der Waals surface area contributed by atoms with Gasteiger partial charge < -0.3 is 29.7 Å². The van der Waals surface area contributed by atoms with Crippen LogP contribution in [0.15, 0.2) is 48.7 Å². The van der Waals surface area contributed by atoms with E-state index in [1.165, 1.54) is 18.3 Å². The molecule has 1 aliphatic heterocycles. The number of methoxy groups -OCH3 is 1. The van der Waals surface area contributed by atoms with Gasteiger partial charge in [0.1, 0.15) is 48.3 Å². The van der Waals surface area contributed by atoms with Gasteiger partial charge >= 0.3 is 0 Å². The first-order valence-electron chi connectivity index (χ1n) is 12.9. The van der Waals surface area contributed by atoms with Gasteiger partial charge in [0, 0.05) is 44.1 Å². The first-order valence-corrected chi connectivity index (χ1v) is 12.9. The maximum atomic E-state index is 14.4. The van der Waals surface area contributed by atoms with E-state index < -0.39 is 12.0 Å². The van der Waals surface area contributed by atoms with Crippen LogP contribution < -0.4 is 29.7 Å². The number of fused-ring (bicyclic) bond motifs is 2. The van der Waals surface area contributed by atoms with E-state index in [0.717, 1.165) is 11.3 Å². The number of hydrogen-bond acceptors (Lipinski definition) is 8. The molecule has 2 aliphatic rings. The molecule has 0 radical (unpaired) electrons. The van der Waals surface area contributed by atoms with Crippen LogP contribution >= 0.6 is 0 Å². The molecule has 2 atom stereocenters. The van der Waals surface area contributed by atoms with Crippen molar-refractivity contribution in [3.63, 3.8) is 0 Å². The first kappa shape index (κ1) is 25.7. The monoisotopic (exact) mass is 550 g/mol. The number of carbonyl (C=O) groups is 1. The first-order chi connectivity index (χ1) is 19.4. The summed E-state index contributed by atoms with van der Waals surface area (Å²) >= 11 is 0.